The highest BCUT2D eigenvalue weighted by Crippen LogP contribution is 2.25. The second-order valence-corrected chi connectivity index (χ2v) is 5.78. The fraction of sp³-hybridized carbons (Fsp3) is 0.647. The molecular formula is C17H29NO. The topological polar surface area (TPSA) is 12.5 Å². The van der Waals surface area contributed by atoms with Crippen LogP contribution in [0.5, 0.6) is 5.75 Å². The maximum absolute atomic E-state index is 5.86. The van der Waals surface area contributed by atoms with Gasteiger partial charge in [-0.2, -0.15) is 0 Å². The summed E-state index contributed by atoms with van der Waals surface area (Å²) in [4.78, 5) is 2.23. The smallest absolute Gasteiger partial charge is 0.122 e. The molecule has 1 rings (SSSR count). The van der Waals surface area contributed by atoms with Gasteiger partial charge in [-0.3, -0.25) is 0 Å². The lowest BCUT2D eigenvalue weighted by molar-refractivity contribution is 0.313. The zero-order valence-electron chi connectivity index (χ0n) is 13.2. The van der Waals surface area contributed by atoms with Gasteiger partial charge in [0.25, 0.3) is 0 Å². The molecule has 0 saturated heterocycles. The van der Waals surface area contributed by atoms with Crippen molar-refractivity contribution < 1.29 is 4.74 Å². The van der Waals surface area contributed by atoms with E-state index >= 15 is 0 Å². The van der Waals surface area contributed by atoms with Crippen molar-refractivity contribution in [3.8, 4) is 5.75 Å². The molecule has 2 nitrogen and oxygen atoms in total. The lowest BCUT2D eigenvalue weighted by Gasteiger charge is -2.15. The minimum Gasteiger partial charge on any atom is -0.493 e. The third-order valence-electron chi connectivity index (χ3n) is 3.26. The van der Waals surface area contributed by atoms with Crippen LogP contribution < -0.4 is 4.74 Å². The summed E-state index contributed by atoms with van der Waals surface area (Å²) >= 11 is 0. The van der Waals surface area contributed by atoms with Gasteiger partial charge >= 0.3 is 0 Å². The molecule has 1 aromatic rings. The van der Waals surface area contributed by atoms with E-state index in [-0.39, 0.29) is 0 Å². The Morgan fingerprint density at radius 3 is 2.53 bits per heavy atom. The summed E-state index contributed by atoms with van der Waals surface area (Å²) in [6.07, 6.45) is 3.33. The van der Waals surface area contributed by atoms with Crippen molar-refractivity contribution in [1.82, 2.24) is 4.90 Å². The van der Waals surface area contributed by atoms with Crippen LogP contribution in [0.3, 0.4) is 0 Å². The SMILES string of the molecule is CCCOc1ccc(C(C)C)cc1CCCN(C)C. The minimum absolute atomic E-state index is 0.577. The fourth-order valence-corrected chi connectivity index (χ4v) is 2.09. The molecule has 0 N–H and O–H groups in total. The van der Waals surface area contributed by atoms with Crippen LogP contribution in [0.4, 0.5) is 0 Å². The van der Waals surface area contributed by atoms with Gasteiger partial charge in [0.15, 0.2) is 0 Å². The van der Waals surface area contributed by atoms with E-state index in [9.17, 15) is 0 Å². The Hall–Kier alpha value is -1.02. The van der Waals surface area contributed by atoms with Crippen molar-refractivity contribution in [3.05, 3.63) is 29.3 Å². The summed E-state index contributed by atoms with van der Waals surface area (Å²) in [5.74, 6) is 1.65. The van der Waals surface area contributed by atoms with E-state index in [1.807, 2.05) is 0 Å². The standard InChI is InChI=1S/C17H29NO/c1-6-12-19-17-10-9-15(14(2)3)13-16(17)8-7-11-18(4)5/h9-10,13-14H,6-8,11-12H2,1-5H3. The lowest BCUT2D eigenvalue weighted by atomic mass is 9.98. The number of nitrogens with zero attached hydrogens (tertiary/aromatic N) is 1. The van der Waals surface area contributed by atoms with Gasteiger partial charge in [0.05, 0.1) is 6.61 Å². The summed E-state index contributed by atoms with van der Waals surface area (Å²) in [7, 11) is 4.25. The molecule has 19 heavy (non-hydrogen) atoms. The van der Waals surface area contributed by atoms with E-state index in [2.05, 4.69) is 58.0 Å². The first kappa shape index (κ1) is 16.0. The molecule has 108 valence electrons. The molecule has 0 bridgehead atoms. The molecular weight excluding hydrogens is 234 g/mol. The summed E-state index contributed by atoms with van der Waals surface area (Å²) in [5.41, 5.74) is 2.77. The average molecular weight is 263 g/mol. The molecule has 0 atom stereocenters. The largest absolute Gasteiger partial charge is 0.493 e. The second kappa shape index (κ2) is 8.21. The van der Waals surface area contributed by atoms with Gasteiger partial charge in [0.1, 0.15) is 5.75 Å². The first-order valence-electron chi connectivity index (χ1n) is 7.45. The zero-order chi connectivity index (χ0) is 14.3. The van der Waals surface area contributed by atoms with Crippen LogP contribution in [-0.4, -0.2) is 32.1 Å². The lowest BCUT2D eigenvalue weighted by Crippen LogP contribution is -2.13. The fourth-order valence-electron chi connectivity index (χ4n) is 2.09. The first-order valence-corrected chi connectivity index (χ1v) is 7.45. The van der Waals surface area contributed by atoms with Gasteiger partial charge in [0, 0.05) is 0 Å². The Morgan fingerprint density at radius 2 is 1.95 bits per heavy atom. The molecule has 0 aliphatic carbocycles. The Balaban J connectivity index is 2.78. The number of rotatable bonds is 8. The highest BCUT2D eigenvalue weighted by Gasteiger charge is 2.07. The average Bonchev–Trinajstić information content (AvgIpc) is 2.36. The molecule has 2 heteroatoms. The van der Waals surface area contributed by atoms with E-state index in [0.717, 1.165) is 31.7 Å². The predicted octanol–water partition coefficient (Wildman–Crippen LogP) is 4.09. The molecule has 0 heterocycles. The normalized spacial score (nSPS) is 11.3. The highest BCUT2D eigenvalue weighted by atomic mass is 16.5. The summed E-state index contributed by atoms with van der Waals surface area (Å²) in [6, 6.07) is 6.67. The van der Waals surface area contributed by atoms with Crippen molar-refractivity contribution in [2.24, 2.45) is 0 Å². The molecule has 0 fully saturated rings. The molecule has 0 saturated carbocycles. The van der Waals surface area contributed by atoms with E-state index in [0.29, 0.717) is 5.92 Å². The van der Waals surface area contributed by atoms with Gasteiger partial charge in [0.2, 0.25) is 0 Å². The third-order valence-corrected chi connectivity index (χ3v) is 3.26. The van der Waals surface area contributed by atoms with E-state index < -0.39 is 0 Å². The second-order valence-electron chi connectivity index (χ2n) is 5.78. The van der Waals surface area contributed by atoms with Crippen LogP contribution in [0.1, 0.15) is 50.7 Å². The van der Waals surface area contributed by atoms with Crippen molar-refractivity contribution in [1.29, 1.82) is 0 Å². The van der Waals surface area contributed by atoms with Crippen molar-refractivity contribution >= 4 is 0 Å². The van der Waals surface area contributed by atoms with Crippen LogP contribution in [0, 0.1) is 0 Å². The summed E-state index contributed by atoms with van der Waals surface area (Å²) in [6.45, 7) is 8.56. The predicted molar refractivity (Wildman–Crippen MR) is 83.2 cm³/mol. The van der Waals surface area contributed by atoms with Crippen LogP contribution >= 0.6 is 0 Å². The van der Waals surface area contributed by atoms with Crippen LogP contribution in [-0.2, 0) is 6.42 Å². The minimum atomic E-state index is 0.577. The van der Waals surface area contributed by atoms with Crippen LogP contribution in [0.25, 0.3) is 0 Å². The summed E-state index contributed by atoms with van der Waals surface area (Å²) in [5, 5.41) is 0. The molecule has 0 aliphatic rings. The van der Waals surface area contributed by atoms with E-state index in [1.54, 1.807) is 0 Å². The number of benzene rings is 1. The van der Waals surface area contributed by atoms with E-state index in [1.165, 1.54) is 17.5 Å². The molecule has 0 amide bonds. The molecule has 0 aliphatic heterocycles. The Kier molecular flexibility index (Phi) is 6.93. The number of ether oxygens (including phenoxy) is 1. The molecule has 0 radical (unpaired) electrons. The van der Waals surface area contributed by atoms with Gasteiger partial charge in [-0.25, -0.2) is 0 Å². The van der Waals surface area contributed by atoms with Crippen molar-refractivity contribution in [2.75, 3.05) is 27.2 Å². The number of hydrogen-bond donors (Lipinski definition) is 0. The molecule has 0 aromatic heterocycles. The van der Waals surface area contributed by atoms with Gasteiger partial charge in [-0.1, -0.05) is 32.9 Å². The first-order chi connectivity index (χ1) is 9.04. The maximum atomic E-state index is 5.86. The van der Waals surface area contributed by atoms with Gasteiger partial charge < -0.3 is 9.64 Å². The van der Waals surface area contributed by atoms with Crippen molar-refractivity contribution in [2.45, 2.75) is 46.0 Å². The number of aryl methyl sites for hydroxylation is 1. The monoisotopic (exact) mass is 263 g/mol. The third kappa shape index (κ3) is 5.65. The quantitative estimate of drug-likeness (QED) is 0.700. The Labute approximate surface area is 118 Å². The van der Waals surface area contributed by atoms with Gasteiger partial charge in [-0.15, -0.1) is 0 Å². The zero-order valence-corrected chi connectivity index (χ0v) is 13.2. The van der Waals surface area contributed by atoms with E-state index in [4.69, 9.17) is 4.74 Å². The van der Waals surface area contributed by atoms with Crippen LogP contribution in [0.2, 0.25) is 0 Å². The maximum Gasteiger partial charge on any atom is 0.122 e. The highest BCUT2D eigenvalue weighted by molar-refractivity contribution is 5.38. The Bertz CT molecular complexity index is 372. The Morgan fingerprint density at radius 1 is 1.21 bits per heavy atom. The van der Waals surface area contributed by atoms with Gasteiger partial charge in [-0.05, 0) is 63.0 Å². The molecule has 0 unspecified atom stereocenters. The molecule has 0 spiro atoms. The van der Waals surface area contributed by atoms with Crippen LogP contribution in [0.15, 0.2) is 18.2 Å². The number of hydrogen-bond acceptors (Lipinski definition) is 2. The van der Waals surface area contributed by atoms with Crippen molar-refractivity contribution in [3.63, 3.8) is 0 Å². The summed E-state index contributed by atoms with van der Waals surface area (Å²) < 4.78 is 5.86. The molecule has 1 aromatic carbocycles.